The maximum absolute atomic E-state index is 14.1. The number of benzene rings is 3. The molecule has 0 aromatic heterocycles. The number of carbonyl (C=O) groups excluding carboxylic acids is 2. The zero-order valence-corrected chi connectivity index (χ0v) is 20.1. The Morgan fingerprint density at radius 3 is 2.34 bits per heavy atom. The maximum Gasteiger partial charge on any atom is 0.253 e. The third-order valence-electron chi connectivity index (χ3n) is 7.53. The molecule has 0 aliphatic carbocycles. The van der Waals surface area contributed by atoms with Gasteiger partial charge in [0, 0.05) is 37.7 Å². The minimum Gasteiger partial charge on any atom is -0.339 e. The third kappa shape index (κ3) is 5.00. The third-order valence-corrected chi connectivity index (χ3v) is 7.53. The molecule has 0 unspecified atom stereocenters. The van der Waals surface area contributed by atoms with Gasteiger partial charge in [0.05, 0.1) is 0 Å². The molecule has 2 saturated heterocycles. The molecule has 35 heavy (non-hydrogen) atoms. The van der Waals surface area contributed by atoms with Gasteiger partial charge < -0.3 is 9.80 Å². The second-order valence-corrected chi connectivity index (χ2v) is 9.78. The van der Waals surface area contributed by atoms with Gasteiger partial charge in [-0.25, -0.2) is 4.39 Å². The number of piperidine rings is 2. The van der Waals surface area contributed by atoms with E-state index in [2.05, 4.69) is 31.2 Å². The topological polar surface area (TPSA) is 40.6 Å². The average Bonchev–Trinajstić information content (AvgIpc) is 2.89. The molecular weight excluding hydrogens is 439 g/mol. The fourth-order valence-electron chi connectivity index (χ4n) is 5.50. The van der Waals surface area contributed by atoms with Gasteiger partial charge in [-0.2, -0.15) is 0 Å². The van der Waals surface area contributed by atoms with Gasteiger partial charge in [0.1, 0.15) is 5.82 Å². The Morgan fingerprint density at radius 2 is 1.63 bits per heavy atom. The van der Waals surface area contributed by atoms with Gasteiger partial charge in [-0.3, -0.25) is 9.59 Å². The number of rotatable bonds is 5. The highest BCUT2D eigenvalue weighted by molar-refractivity contribution is 5.95. The SMILES string of the molecule is Cc1ccc(-c2ccc(C(=O)N3CC[C@H]4[C@H](CCC(=O)N4CCc4ccccc4F)C3)cc2)cc1. The molecule has 2 fully saturated rings. The number of fused-ring (bicyclic) bond motifs is 1. The van der Waals surface area contributed by atoms with Crippen molar-refractivity contribution in [1.82, 2.24) is 9.80 Å². The molecule has 0 bridgehead atoms. The van der Waals surface area contributed by atoms with E-state index in [-0.39, 0.29) is 29.6 Å². The summed E-state index contributed by atoms with van der Waals surface area (Å²) in [7, 11) is 0. The molecule has 5 heteroatoms. The Morgan fingerprint density at radius 1 is 0.943 bits per heavy atom. The highest BCUT2D eigenvalue weighted by Gasteiger charge is 2.40. The average molecular weight is 471 g/mol. The predicted octanol–water partition coefficient (Wildman–Crippen LogP) is 5.50. The van der Waals surface area contributed by atoms with E-state index in [0.29, 0.717) is 43.6 Å². The molecular formula is C30H31FN2O2. The van der Waals surface area contributed by atoms with Crippen LogP contribution in [0, 0.1) is 18.7 Å². The number of carbonyl (C=O) groups is 2. The molecule has 5 rings (SSSR count). The maximum atomic E-state index is 14.1. The van der Waals surface area contributed by atoms with Crippen LogP contribution in [0.1, 0.15) is 40.7 Å². The van der Waals surface area contributed by atoms with Crippen LogP contribution in [0.3, 0.4) is 0 Å². The Kier molecular flexibility index (Phi) is 6.67. The van der Waals surface area contributed by atoms with Crippen LogP contribution in [0.5, 0.6) is 0 Å². The summed E-state index contributed by atoms with van der Waals surface area (Å²) in [5.41, 5.74) is 4.79. The summed E-state index contributed by atoms with van der Waals surface area (Å²) < 4.78 is 14.1. The summed E-state index contributed by atoms with van der Waals surface area (Å²) in [5, 5.41) is 0. The van der Waals surface area contributed by atoms with E-state index in [1.165, 1.54) is 11.6 Å². The second kappa shape index (κ2) is 10.0. The molecule has 180 valence electrons. The molecule has 3 aromatic carbocycles. The molecule has 0 saturated carbocycles. The molecule has 2 heterocycles. The van der Waals surface area contributed by atoms with E-state index in [1.54, 1.807) is 12.1 Å². The standard InChI is InChI=1S/C30H31FN2O2/c1-21-6-8-22(9-7-21)23-10-12-25(13-11-23)30(35)32-18-17-28-26(20-32)14-15-29(34)33(28)19-16-24-4-2-3-5-27(24)31/h2-13,26,28H,14-20H2,1H3/t26-,28+/m1/s1. The molecule has 0 spiro atoms. The van der Waals surface area contributed by atoms with Crippen molar-refractivity contribution in [3.05, 3.63) is 95.3 Å². The fourth-order valence-corrected chi connectivity index (χ4v) is 5.50. The summed E-state index contributed by atoms with van der Waals surface area (Å²) >= 11 is 0. The van der Waals surface area contributed by atoms with Crippen LogP contribution < -0.4 is 0 Å². The molecule has 4 nitrogen and oxygen atoms in total. The Balaban J connectivity index is 1.23. The van der Waals surface area contributed by atoms with Crippen LogP contribution >= 0.6 is 0 Å². The number of hydrogen-bond acceptors (Lipinski definition) is 2. The van der Waals surface area contributed by atoms with Crippen LogP contribution in [0.2, 0.25) is 0 Å². The quantitative estimate of drug-likeness (QED) is 0.494. The minimum absolute atomic E-state index is 0.0497. The Labute approximate surface area is 206 Å². The molecule has 2 atom stereocenters. The first-order chi connectivity index (χ1) is 17.0. The molecule has 2 aliphatic heterocycles. The smallest absolute Gasteiger partial charge is 0.253 e. The van der Waals surface area contributed by atoms with Crippen LogP contribution in [0.15, 0.2) is 72.8 Å². The van der Waals surface area contributed by atoms with Gasteiger partial charge in [-0.1, -0.05) is 60.2 Å². The van der Waals surface area contributed by atoms with E-state index in [1.807, 2.05) is 40.1 Å². The monoisotopic (exact) mass is 470 g/mol. The summed E-state index contributed by atoms with van der Waals surface area (Å²) in [4.78, 5) is 29.9. The van der Waals surface area contributed by atoms with E-state index in [0.717, 1.165) is 24.0 Å². The molecule has 3 aromatic rings. The Hall–Kier alpha value is -3.47. The van der Waals surface area contributed by atoms with Crippen molar-refractivity contribution in [3.63, 3.8) is 0 Å². The summed E-state index contributed by atoms with van der Waals surface area (Å²) in [6, 6.07) is 23.1. The Bertz CT molecular complexity index is 1210. The van der Waals surface area contributed by atoms with E-state index >= 15 is 0 Å². The number of halogens is 1. The van der Waals surface area contributed by atoms with E-state index in [9.17, 15) is 14.0 Å². The van der Waals surface area contributed by atoms with E-state index < -0.39 is 0 Å². The van der Waals surface area contributed by atoms with Gasteiger partial charge in [-0.15, -0.1) is 0 Å². The lowest BCUT2D eigenvalue weighted by atomic mass is 9.83. The van der Waals surface area contributed by atoms with Crippen molar-refractivity contribution in [1.29, 1.82) is 0 Å². The second-order valence-electron chi connectivity index (χ2n) is 9.78. The van der Waals surface area contributed by atoms with Crippen molar-refractivity contribution < 1.29 is 14.0 Å². The van der Waals surface area contributed by atoms with Crippen molar-refractivity contribution in [3.8, 4) is 11.1 Å². The molecule has 0 N–H and O–H groups in total. The van der Waals surface area contributed by atoms with Crippen molar-refractivity contribution >= 4 is 11.8 Å². The number of aryl methyl sites for hydroxylation is 1. The zero-order chi connectivity index (χ0) is 24.4. The number of hydrogen-bond donors (Lipinski definition) is 0. The van der Waals surface area contributed by atoms with E-state index in [4.69, 9.17) is 0 Å². The van der Waals surface area contributed by atoms with Gasteiger partial charge in [0.25, 0.3) is 5.91 Å². The first-order valence-corrected chi connectivity index (χ1v) is 12.5. The van der Waals surface area contributed by atoms with Gasteiger partial charge in [0.2, 0.25) is 5.91 Å². The molecule has 2 aliphatic rings. The number of likely N-dealkylation sites (tertiary alicyclic amines) is 2. The zero-order valence-electron chi connectivity index (χ0n) is 20.1. The normalized spacial score (nSPS) is 20.0. The van der Waals surface area contributed by atoms with Gasteiger partial charge in [0.15, 0.2) is 0 Å². The lowest BCUT2D eigenvalue weighted by Gasteiger charge is -2.47. The first kappa shape index (κ1) is 23.3. The van der Waals surface area contributed by atoms with Crippen molar-refractivity contribution in [2.45, 2.75) is 38.6 Å². The van der Waals surface area contributed by atoms with Gasteiger partial charge >= 0.3 is 0 Å². The fraction of sp³-hybridized carbons (Fsp3) is 0.333. The highest BCUT2D eigenvalue weighted by atomic mass is 19.1. The lowest BCUT2D eigenvalue weighted by Crippen LogP contribution is -2.57. The van der Waals surface area contributed by atoms with Crippen LogP contribution in [-0.4, -0.2) is 47.3 Å². The van der Waals surface area contributed by atoms with Crippen molar-refractivity contribution in [2.24, 2.45) is 5.92 Å². The van der Waals surface area contributed by atoms with Crippen LogP contribution in [0.25, 0.3) is 11.1 Å². The first-order valence-electron chi connectivity index (χ1n) is 12.5. The predicted molar refractivity (Wildman–Crippen MR) is 135 cm³/mol. The molecule has 0 radical (unpaired) electrons. The van der Waals surface area contributed by atoms with Crippen LogP contribution in [-0.2, 0) is 11.2 Å². The van der Waals surface area contributed by atoms with Crippen molar-refractivity contribution in [2.75, 3.05) is 19.6 Å². The number of nitrogens with zero attached hydrogens (tertiary/aromatic N) is 2. The van der Waals surface area contributed by atoms with Gasteiger partial charge in [-0.05, 0) is 67.0 Å². The summed E-state index contributed by atoms with van der Waals surface area (Å²) in [5.74, 6) is 0.239. The van der Waals surface area contributed by atoms with Crippen LogP contribution in [0.4, 0.5) is 4.39 Å². The summed E-state index contributed by atoms with van der Waals surface area (Å²) in [6.07, 6.45) is 2.57. The number of amides is 2. The lowest BCUT2D eigenvalue weighted by molar-refractivity contribution is -0.140. The summed E-state index contributed by atoms with van der Waals surface area (Å²) in [6.45, 7) is 3.88. The minimum atomic E-state index is -0.220. The largest absolute Gasteiger partial charge is 0.339 e. The molecule has 2 amide bonds. The highest BCUT2D eigenvalue weighted by Crippen LogP contribution is 2.32.